The number of benzene rings is 1. The van der Waals surface area contributed by atoms with Gasteiger partial charge in [0.05, 0.1) is 24.2 Å². The Balaban J connectivity index is 1.49. The van der Waals surface area contributed by atoms with Gasteiger partial charge in [-0.3, -0.25) is 4.79 Å². The first-order chi connectivity index (χ1) is 15.5. The number of aryl methyl sites for hydroxylation is 1. The number of aliphatic hydroxyl groups is 2. The number of aliphatic hydroxyl groups excluding tert-OH is 2. The van der Waals surface area contributed by atoms with Crippen molar-refractivity contribution in [2.75, 3.05) is 6.61 Å². The van der Waals surface area contributed by atoms with Crippen LogP contribution in [-0.4, -0.2) is 46.2 Å². The molecule has 2 aliphatic rings. The highest BCUT2D eigenvalue weighted by Gasteiger charge is 2.43. The van der Waals surface area contributed by atoms with Crippen molar-refractivity contribution in [1.82, 2.24) is 0 Å². The van der Waals surface area contributed by atoms with E-state index in [1.54, 1.807) is 0 Å². The van der Waals surface area contributed by atoms with Gasteiger partial charge in [-0.25, -0.2) is 0 Å². The van der Waals surface area contributed by atoms with Crippen LogP contribution in [0.1, 0.15) is 63.9 Å². The van der Waals surface area contributed by atoms with Gasteiger partial charge in [0, 0.05) is 18.9 Å². The summed E-state index contributed by atoms with van der Waals surface area (Å²) >= 11 is 0. The molecule has 178 valence electrons. The molecule has 7 atom stereocenters. The zero-order valence-corrected chi connectivity index (χ0v) is 19.3. The van der Waals surface area contributed by atoms with E-state index in [4.69, 9.17) is 4.74 Å². The highest BCUT2D eigenvalue weighted by Crippen LogP contribution is 2.42. The number of hydrogen-bond donors (Lipinski definition) is 3. The van der Waals surface area contributed by atoms with Crippen LogP contribution < -0.4 is 0 Å². The minimum absolute atomic E-state index is 0.0111. The summed E-state index contributed by atoms with van der Waals surface area (Å²) in [4.78, 5) is 11.4. The van der Waals surface area contributed by atoms with Crippen LogP contribution in [0.4, 0.5) is 0 Å². The van der Waals surface area contributed by atoms with Crippen LogP contribution in [0.25, 0.3) is 0 Å². The molecular weight excluding hydrogens is 404 g/mol. The summed E-state index contributed by atoms with van der Waals surface area (Å²) in [5.74, 6) is -0.275. The number of carboxylic acids is 1. The van der Waals surface area contributed by atoms with Crippen LogP contribution in [0.3, 0.4) is 0 Å². The maximum absolute atomic E-state index is 11.4. The van der Waals surface area contributed by atoms with E-state index >= 15 is 0 Å². The molecule has 1 saturated heterocycles. The third-order valence-corrected chi connectivity index (χ3v) is 7.38. The molecule has 1 aromatic carbocycles. The van der Waals surface area contributed by atoms with Gasteiger partial charge in [0.15, 0.2) is 0 Å². The zero-order valence-electron chi connectivity index (χ0n) is 19.3. The Kier molecular flexibility index (Phi) is 9.76. The van der Waals surface area contributed by atoms with Crippen molar-refractivity contribution in [1.29, 1.82) is 0 Å². The minimum atomic E-state index is -0.683. The summed E-state index contributed by atoms with van der Waals surface area (Å²) in [6.45, 7) is 2.69. The van der Waals surface area contributed by atoms with Crippen LogP contribution in [0.5, 0.6) is 0 Å². The molecule has 0 spiro atoms. The predicted molar refractivity (Wildman–Crippen MR) is 125 cm³/mol. The van der Waals surface area contributed by atoms with Gasteiger partial charge in [-0.15, -0.1) is 0 Å². The topological polar surface area (TPSA) is 87.0 Å². The van der Waals surface area contributed by atoms with Crippen LogP contribution in [0, 0.1) is 23.7 Å². The molecule has 0 bridgehead atoms. The second-order valence-electron chi connectivity index (χ2n) is 9.74. The fraction of sp³-hybridized carbons (Fsp3) is 0.667. The zero-order chi connectivity index (χ0) is 22.9. The van der Waals surface area contributed by atoms with E-state index in [0.717, 1.165) is 38.5 Å². The van der Waals surface area contributed by atoms with Crippen LogP contribution in [0.2, 0.25) is 0 Å². The Morgan fingerprint density at radius 3 is 2.69 bits per heavy atom. The first kappa shape index (κ1) is 24.9. The van der Waals surface area contributed by atoms with Crippen LogP contribution >= 0.6 is 0 Å². The van der Waals surface area contributed by atoms with Crippen molar-refractivity contribution < 1.29 is 24.9 Å². The quantitative estimate of drug-likeness (QED) is 0.434. The highest BCUT2D eigenvalue weighted by molar-refractivity contribution is 5.69. The maximum atomic E-state index is 11.4. The maximum Gasteiger partial charge on any atom is 0.306 e. The monoisotopic (exact) mass is 444 g/mol. The average molecular weight is 445 g/mol. The summed E-state index contributed by atoms with van der Waals surface area (Å²) in [6.07, 6.45) is 10.3. The number of carboxylic acid groups (broad SMARTS) is 1. The van der Waals surface area contributed by atoms with Gasteiger partial charge in [-0.1, -0.05) is 55.8 Å². The van der Waals surface area contributed by atoms with E-state index in [0.29, 0.717) is 31.8 Å². The number of aliphatic carboxylic acids is 1. The molecule has 1 aromatic rings. The summed E-state index contributed by atoms with van der Waals surface area (Å²) < 4.78 is 6.20. The molecule has 1 aliphatic heterocycles. The molecule has 1 saturated carbocycles. The minimum Gasteiger partial charge on any atom is -0.481 e. The molecule has 3 N–H and O–H groups in total. The molecule has 5 nitrogen and oxygen atoms in total. The van der Waals surface area contributed by atoms with E-state index < -0.39 is 18.2 Å². The van der Waals surface area contributed by atoms with Gasteiger partial charge in [-0.2, -0.15) is 0 Å². The lowest BCUT2D eigenvalue weighted by Gasteiger charge is -2.21. The molecule has 0 radical (unpaired) electrons. The molecule has 0 amide bonds. The fourth-order valence-electron chi connectivity index (χ4n) is 5.43. The van der Waals surface area contributed by atoms with Gasteiger partial charge in [0.1, 0.15) is 0 Å². The summed E-state index contributed by atoms with van der Waals surface area (Å²) in [5.41, 5.74) is 1.22. The van der Waals surface area contributed by atoms with E-state index in [1.807, 2.05) is 37.3 Å². The second kappa shape index (κ2) is 12.5. The number of ether oxygens (including phenoxy) is 1. The average Bonchev–Trinajstić information content (AvgIpc) is 2.95. The van der Waals surface area contributed by atoms with Gasteiger partial charge in [0.2, 0.25) is 0 Å². The number of hydrogen-bond acceptors (Lipinski definition) is 4. The molecule has 1 aliphatic carbocycles. The molecule has 1 heterocycles. The molecule has 3 rings (SSSR count). The van der Waals surface area contributed by atoms with Crippen molar-refractivity contribution >= 4 is 5.97 Å². The fourth-order valence-corrected chi connectivity index (χ4v) is 5.43. The van der Waals surface area contributed by atoms with Gasteiger partial charge >= 0.3 is 5.97 Å². The SMILES string of the molecule is CCCC(CC[C@@H]1CC[C@@H]2[C@@H](/C=C/[C@@H](O)CCc3ccccc3)[C@H](O)C[C@@H]2OC1)C(=O)O. The lowest BCUT2D eigenvalue weighted by atomic mass is 9.85. The number of carbonyl (C=O) groups is 1. The normalized spacial score (nSPS) is 30.0. The number of rotatable bonds is 11. The summed E-state index contributed by atoms with van der Waals surface area (Å²) in [6, 6.07) is 10.2. The van der Waals surface area contributed by atoms with Crippen molar-refractivity contribution in [2.45, 2.75) is 83.0 Å². The largest absolute Gasteiger partial charge is 0.481 e. The summed E-state index contributed by atoms with van der Waals surface area (Å²) in [7, 11) is 0. The molecule has 5 heteroatoms. The Hall–Kier alpha value is -1.69. The highest BCUT2D eigenvalue weighted by atomic mass is 16.5. The van der Waals surface area contributed by atoms with Crippen molar-refractivity contribution in [3.05, 3.63) is 48.0 Å². The van der Waals surface area contributed by atoms with E-state index in [1.165, 1.54) is 5.56 Å². The third kappa shape index (κ3) is 7.16. The predicted octanol–water partition coefficient (Wildman–Crippen LogP) is 4.61. The first-order valence-electron chi connectivity index (χ1n) is 12.4. The van der Waals surface area contributed by atoms with E-state index in [9.17, 15) is 20.1 Å². The Morgan fingerprint density at radius 2 is 1.97 bits per heavy atom. The molecule has 2 fully saturated rings. The Bertz CT molecular complexity index is 718. The second-order valence-corrected chi connectivity index (χ2v) is 9.74. The Labute approximate surface area is 192 Å². The molecular formula is C27H40O5. The lowest BCUT2D eigenvalue weighted by Crippen LogP contribution is -2.21. The standard InChI is InChI=1S/C27H40O5/c1-2-6-21(27(30)31)12-9-20-11-15-24-23(25(29)17-26(24)32-18-20)16-14-22(28)13-10-19-7-4-3-5-8-19/h3-5,7-8,14,16,20-26,28-29H,2,6,9-13,15,17-18H2,1H3,(H,30,31)/b16-14+/t20-,21?,22+,23-,24-,25-,26+/m1/s1. The van der Waals surface area contributed by atoms with Gasteiger partial charge < -0.3 is 20.1 Å². The summed E-state index contributed by atoms with van der Waals surface area (Å²) in [5, 5.41) is 30.4. The van der Waals surface area contributed by atoms with Crippen molar-refractivity contribution in [2.24, 2.45) is 23.7 Å². The smallest absolute Gasteiger partial charge is 0.306 e. The van der Waals surface area contributed by atoms with Gasteiger partial charge in [0.25, 0.3) is 0 Å². The van der Waals surface area contributed by atoms with E-state index in [-0.39, 0.29) is 23.9 Å². The van der Waals surface area contributed by atoms with Gasteiger partial charge in [-0.05, 0) is 62.3 Å². The van der Waals surface area contributed by atoms with Crippen LogP contribution in [-0.2, 0) is 16.0 Å². The van der Waals surface area contributed by atoms with Crippen molar-refractivity contribution in [3.8, 4) is 0 Å². The van der Waals surface area contributed by atoms with Crippen molar-refractivity contribution in [3.63, 3.8) is 0 Å². The van der Waals surface area contributed by atoms with Crippen LogP contribution in [0.15, 0.2) is 42.5 Å². The Morgan fingerprint density at radius 1 is 1.19 bits per heavy atom. The molecule has 1 unspecified atom stereocenters. The lowest BCUT2D eigenvalue weighted by molar-refractivity contribution is -0.142. The first-order valence-corrected chi connectivity index (χ1v) is 12.4. The molecule has 32 heavy (non-hydrogen) atoms. The molecule has 0 aromatic heterocycles. The number of fused-ring (bicyclic) bond motifs is 1. The van der Waals surface area contributed by atoms with E-state index in [2.05, 4.69) is 12.1 Å². The third-order valence-electron chi connectivity index (χ3n) is 7.38.